The number of benzene rings is 2. The highest BCUT2D eigenvalue weighted by Gasteiger charge is 2.33. The largest absolute Gasteiger partial charge is 0.342 e. The number of para-hydroxylation sites is 1. The molecule has 0 N–H and O–H groups in total. The van der Waals surface area contributed by atoms with Crippen LogP contribution < -0.4 is 0 Å². The monoisotopic (exact) mass is 377 g/mol. The Morgan fingerprint density at radius 1 is 1.14 bits per heavy atom. The molecule has 0 saturated heterocycles. The lowest BCUT2D eigenvalue weighted by Crippen LogP contribution is -2.36. The van der Waals surface area contributed by atoms with E-state index in [-0.39, 0.29) is 11.8 Å². The molecule has 2 aromatic carbocycles. The molecule has 0 fully saturated rings. The maximum Gasteiger partial charge on any atom is 0.230 e. The van der Waals surface area contributed by atoms with Crippen LogP contribution in [0.5, 0.6) is 0 Å². The molecule has 3 aromatic rings. The second-order valence-corrected chi connectivity index (χ2v) is 7.50. The van der Waals surface area contributed by atoms with Gasteiger partial charge < -0.3 is 9.47 Å². The number of carbonyl (C=O) groups excluding carboxylic acids is 1. The third-order valence-corrected chi connectivity index (χ3v) is 5.89. The van der Waals surface area contributed by atoms with E-state index in [4.69, 9.17) is 0 Å². The van der Waals surface area contributed by atoms with Crippen molar-refractivity contribution >= 4 is 16.8 Å². The zero-order chi connectivity index (χ0) is 19.5. The normalized spacial score (nSPS) is 16.1. The summed E-state index contributed by atoms with van der Waals surface area (Å²) in [6.45, 7) is 3.32. The molecule has 0 bridgehead atoms. The lowest BCUT2D eigenvalue weighted by Gasteiger charge is -2.30. The van der Waals surface area contributed by atoms with Gasteiger partial charge in [-0.1, -0.05) is 48.5 Å². The molecule has 0 radical (unpaired) electrons. The highest BCUT2D eigenvalue weighted by molar-refractivity contribution is 5.94. The standard InChI is InChI=1S/C24H27FN2O/c1-2-26(17-18-9-4-3-5-10-18)24(28)20-12-8-14-22-23(20)19-11-6-7-13-21(19)27(22)16-15-25/h3-7,9-11,13,20H,2,8,12,14-17H2,1H3/i25-1. The summed E-state index contributed by atoms with van der Waals surface area (Å²) in [7, 11) is 0. The molecule has 1 heterocycles. The molecule has 1 amide bonds. The minimum atomic E-state index is -0.390. The molecule has 1 aromatic heterocycles. The van der Waals surface area contributed by atoms with Gasteiger partial charge in [-0.15, -0.1) is 0 Å². The molecular weight excluding hydrogens is 350 g/mol. The van der Waals surface area contributed by atoms with Crippen molar-refractivity contribution in [3.8, 4) is 0 Å². The SMILES string of the molecule is CCN(Cc1ccccc1)C(=O)C1CCCc2c1c1ccccc1n2CC[18F]. The Morgan fingerprint density at radius 2 is 1.89 bits per heavy atom. The first-order valence-corrected chi connectivity index (χ1v) is 10.2. The third-order valence-electron chi connectivity index (χ3n) is 5.89. The third kappa shape index (κ3) is 3.32. The van der Waals surface area contributed by atoms with Gasteiger partial charge in [0.25, 0.3) is 0 Å². The van der Waals surface area contributed by atoms with Crippen LogP contribution in [0.15, 0.2) is 54.6 Å². The summed E-state index contributed by atoms with van der Waals surface area (Å²) in [6.07, 6.45) is 2.74. The number of nitrogens with zero attached hydrogens (tertiary/aromatic N) is 2. The molecule has 1 aliphatic rings. The number of rotatable bonds is 6. The van der Waals surface area contributed by atoms with Crippen LogP contribution >= 0.6 is 0 Å². The molecule has 0 spiro atoms. The maximum atomic E-state index is 13.5. The Bertz CT molecular complexity index is 963. The van der Waals surface area contributed by atoms with Crippen molar-refractivity contribution in [1.82, 2.24) is 9.47 Å². The molecule has 3 nitrogen and oxygen atoms in total. The van der Waals surface area contributed by atoms with E-state index in [2.05, 4.69) is 22.8 Å². The summed E-state index contributed by atoms with van der Waals surface area (Å²) in [6, 6.07) is 18.3. The van der Waals surface area contributed by atoms with Crippen LogP contribution in [0.25, 0.3) is 10.9 Å². The average Bonchev–Trinajstić information content (AvgIpc) is 3.07. The number of halogens is 1. The van der Waals surface area contributed by atoms with Crippen molar-refractivity contribution < 1.29 is 9.18 Å². The molecule has 4 rings (SSSR count). The van der Waals surface area contributed by atoms with E-state index in [9.17, 15) is 9.18 Å². The molecule has 28 heavy (non-hydrogen) atoms. The minimum absolute atomic E-state index is 0.141. The van der Waals surface area contributed by atoms with Crippen LogP contribution in [0.3, 0.4) is 0 Å². The van der Waals surface area contributed by atoms with Crippen LogP contribution in [0.2, 0.25) is 0 Å². The van der Waals surface area contributed by atoms with Crippen LogP contribution in [0, 0.1) is 0 Å². The van der Waals surface area contributed by atoms with E-state index in [1.807, 2.05) is 48.2 Å². The lowest BCUT2D eigenvalue weighted by atomic mass is 9.84. The van der Waals surface area contributed by atoms with Crippen molar-refractivity contribution in [1.29, 1.82) is 0 Å². The van der Waals surface area contributed by atoms with Gasteiger partial charge in [-0.3, -0.25) is 4.79 Å². The fraction of sp³-hybridized carbons (Fsp3) is 0.375. The van der Waals surface area contributed by atoms with Crippen LogP contribution in [-0.2, 0) is 24.3 Å². The van der Waals surface area contributed by atoms with Crippen molar-refractivity contribution in [3.63, 3.8) is 0 Å². The van der Waals surface area contributed by atoms with Gasteiger partial charge in [0.05, 0.1) is 12.5 Å². The van der Waals surface area contributed by atoms with Crippen molar-refractivity contribution in [2.75, 3.05) is 13.2 Å². The van der Waals surface area contributed by atoms with Crippen molar-refractivity contribution in [3.05, 3.63) is 71.4 Å². The van der Waals surface area contributed by atoms with Gasteiger partial charge in [0.15, 0.2) is 0 Å². The van der Waals surface area contributed by atoms with E-state index in [0.717, 1.165) is 47.0 Å². The second-order valence-electron chi connectivity index (χ2n) is 7.50. The van der Waals surface area contributed by atoms with Crippen molar-refractivity contribution in [2.45, 2.75) is 45.2 Å². The fourth-order valence-corrected chi connectivity index (χ4v) is 4.62. The molecular formula is C24H27FN2O. The number of hydrogen-bond donors (Lipinski definition) is 0. The van der Waals surface area contributed by atoms with Crippen LogP contribution in [0.4, 0.5) is 4.39 Å². The van der Waals surface area contributed by atoms with Gasteiger partial charge in [-0.05, 0) is 43.4 Å². The predicted octanol–water partition coefficient (Wildman–Crippen LogP) is 5.08. The van der Waals surface area contributed by atoms with Gasteiger partial charge in [0, 0.05) is 29.7 Å². The Morgan fingerprint density at radius 3 is 2.64 bits per heavy atom. The summed E-state index contributed by atoms with van der Waals surface area (Å²) in [5, 5.41) is 1.11. The van der Waals surface area contributed by atoms with E-state index >= 15 is 0 Å². The first kappa shape index (κ1) is 18.7. The van der Waals surface area contributed by atoms with E-state index < -0.39 is 6.67 Å². The zero-order valence-corrected chi connectivity index (χ0v) is 16.4. The number of fused-ring (bicyclic) bond motifs is 3. The van der Waals surface area contributed by atoms with Gasteiger partial charge in [-0.25, -0.2) is 4.39 Å². The summed E-state index contributed by atoms with van der Waals surface area (Å²) in [4.78, 5) is 15.5. The molecule has 1 aliphatic carbocycles. The number of likely N-dealkylation sites (N-methyl/N-ethyl adjacent to an activating group) is 1. The summed E-state index contributed by atoms with van der Waals surface area (Å²) in [5.41, 5.74) is 4.48. The molecule has 1 atom stereocenters. The first-order valence-electron chi connectivity index (χ1n) is 10.2. The maximum absolute atomic E-state index is 13.5. The summed E-state index contributed by atoms with van der Waals surface area (Å²) in [5.74, 6) is 0.0497. The topological polar surface area (TPSA) is 25.2 Å². The fourth-order valence-electron chi connectivity index (χ4n) is 4.62. The van der Waals surface area contributed by atoms with Gasteiger partial charge in [0.1, 0.15) is 6.67 Å². The molecule has 0 saturated carbocycles. The smallest absolute Gasteiger partial charge is 0.230 e. The number of alkyl halides is 1. The van der Waals surface area contributed by atoms with Gasteiger partial charge in [-0.2, -0.15) is 0 Å². The second kappa shape index (κ2) is 8.17. The van der Waals surface area contributed by atoms with Crippen LogP contribution in [0.1, 0.15) is 42.5 Å². The quantitative estimate of drug-likeness (QED) is 0.588. The lowest BCUT2D eigenvalue weighted by molar-refractivity contribution is -0.133. The Balaban J connectivity index is 1.72. The Hall–Kier alpha value is -2.62. The van der Waals surface area contributed by atoms with E-state index in [1.165, 1.54) is 0 Å². The number of amides is 1. The number of hydrogen-bond acceptors (Lipinski definition) is 1. The highest BCUT2D eigenvalue weighted by atomic mass is 18.2. The number of carbonyl (C=O) groups is 1. The average molecular weight is 377 g/mol. The predicted molar refractivity (Wildman–Crippen MR) is 111 cm³/mol. The zero-order valence-electron chi connectivity index (χ0n) is 16.4. The molecule has 0 aliphatic heterocycles. The number of aromatic nitrogens is 1. The van der Waals surface area contributed by atoms with Gasteiger partial charge >= 0.3 is 0 Å². The Labute approximate surface area is 165 Å². The van der Waals surface area contributed by atoms with E-state index in [0.29, 0.717) is 19.6 Å². The minimum Gasteiger partial charge on any atom is -0.342 e. The molecule has 4 heteroatoms. The molecule has 146 valence electrons. The Kier molecular flexibility index (Phi) is 5.47. The molecule has 1 unspecified atom stereocenters. The van der Waals surface area contributed by atoms with Crippen LogP contribution in [-0.4, -0.2) is 28.6 Å². The van der Waals surface area contributed by atoms with Gasteiger partial charge in [0.2, 0.25) is 5.91 Å². The first-order chi connectivity index (χ1) is 13.7. The van der Waals surface area contributed by atoms with Crippen molar-refractivity contribution in [2.24, 2.45) is 0 Å². The van der Waals surface area contributed by atoms with E-state index in [1.54, 1.807) is 0 Å². The summed E-state index contributed by atoms with van der Waals surface area (Å²) < 4.78 is 15.3. The number of aryl methyl sites for hydroxylation is 1. The highest BCUT2D eigenvalue weighted by Crippen LogP contribution is 2.40. The summed E-state index contributed by atoms with van der Waals surface area (Å²) >= 11 is 0.